The van der Waals surface area contributed by atoms with Crippen molar-refractivity contribution < 1.29 is 14.3 Å². The molecule has 1 aliphatic rings. The Bertz CT molecular complexity index is 737. The van der Waals surface area contributed by atoms with Gasteiger partial charge in [0.15, 0.2) is 0 Å². The van der Waals surface area contributed by atoms with Crippen molar-refractivity contribution in [2.24, 2.45) is 0 Å². The number of carbonyl (C=O) groups excluding carboxylic acids is 2. The van der Waals surface area contributed by atoms with Gasteiger partial charge in [-0.2, -0.15) is 0 Å². The van der Waals surface area contributed by atoms with Gasteiger partial charge in [-0.15, -0.1) is 0 Å². The molecular formula is C18H19N3O3. The first kappa shape index (κ1) is 16.0. The SMILES string of the molecule is COC(=O)c1ccc(NC(=O)c2cncc(N3CCCC3)c2)cc1. The van der Waals surface area contributed by atoms with Crippen LogP contribution in [0.25, 0.3) is 0 Å². The lowest BCUT2D eigenvalue weighted by Crippen LogP contribution is -2.19. The Morgan fingerprint density at radius 1 is 1.08 bits per heavy atom. The van der Waals surface area contributed by atoms with Crippen molar-refractivity contribution in [3.8, 4) is 0 Å². The Morgan fingerprint density at radius 3 is 2.46 bits per heavy atom. The Labute approximate surface area is 140 Å². The lowest BCUT2D eigenvalue weighted by molar-refractivity contribution is 0.0600. The molecular weight excluding hydrogens is 306 g/mol. The van der Waals surface area contributed by atoms with Crippen molar-refractivity contribution >= 4 is 23.3 Å². The number of pyridine rings is 1. The Balaban J connectivity index is 1.70. The van der Waals surface area contributed by atoms with Gasteiger partial charge in [-0.3, -0.25) is 9.78 Å². The van der Waals surface area contributed by atoms with Gasteiger partial charge in [0, 0.05) is 25.0 Å². The van der Waals surface area contributed by atoms with Crippen LogP contribution in [0.5, 0.6) is 0 Å². The van der Waals surface area contributed by atoms with Crippen LogP contribution in [-0.4, -0.2) is 37.1 Å². The summed E-state index contributed by atoms with van der Waals surface area (Å²) in [4.78, 5) is 30.2. The molecule has 0 aliphatic carbocycles. The maximum absolute atomic E-state index is 12.4. The minimum absolute atomic E-state index is 0.227. The van der Waals surface area contributed by atoms with Gasteiger partial charge in [-0.25, -0.2) is 4.79 Å². The first-order valence-corrected chi connectivity index (χ1v) is 7.87. The second-order valence-electron chi connectivity index (χ2n) is 5.65. The number of nitrogens with zero attached hydrogens (tertiary/aromatic N) is 2. The third-order valence-corrected chi connectivity index (χ3v) is 4.02. The molecule has 6 heteroatoms. The van der Waals surface area contributed by atoms with E-state index in [-0.39, 0.29) is 5.91 Å². The van der Waals surface area contributed by atoms with Crippen LogP contribution in [0.1, 0.15) is 33.6 Å². The van der Waals surface area contributed by atoms with Gasteiger partial charge >= 0.3 is 5.97 Å². The quantitative estimate of drug-likeness (QED) is 0.875. The van der Waals surface area contributed by atoms with E-state index in [1.54, 1.807) is 36.7 Å². The molecule has 0 unspecified atom stereocenters. The first-order chi connectivity index (χ1) is 11.7. The fraction of sp³-hybridized carbons (Fsp3) is 0.278. The number of methoxy groups -OCH3 is 1. The highest BCUT2D eigenvalue weighted by Crippen LogP contribution is 2.20. The van der Waals surface area contributed by atoms with Gasteiger partial charge in [0.05, 0.1) is 30.1 Å². The predicted octanol–water partition coefficient (Wildman–Crippen LogP) is 2.72. The smallest absolute Gasteiger partial charge is 0.337 e. The number of anilines is 2. The third kappa shape index (κ3) is 3.53. The van der Waals surface area contributed by atoms with Crippen LogP contribution in [0, 0.1) is 0 Å². The monoisotopic (exact) mass is 325 g/mol. The lowest BCUT2D eigenvalue weighted by Gasteiger charge is -2.17. The average molecular weight is 325 g/mol. The van der Waals surface area contributed by atoms with Crippen molar-refractivity contribution in [2.75, 3.05) is 30.4 Å². The molecule has 0 bridgehead atoms. The summed E-state index contributed by atoms with van der Waals surface area (Å²) in [6.45, 7) is 2.00. The molecule has 1 fully saturated rings. The number of benzene rings is 1. The summed E-state index contributed by atoms with van der Waals surface area (Å²) in [6.07, 6.45) is 5.68. The normalized spacial score (nSPS) is 13.6. The van der Waals surface area contributed by atoms with Gasteiger partial charge in [0.25, 0.3) is 5.91 Å². The number of rotatable bonds is 4. The molecule has 0 saturated carbocycles. The van der Waals surface area contributed by atoms with Gasteiger partial charge < -0.3 is 15.0 Å². The topological polar surface area (TPSA) is 71.5 Å². The van der Waals surface area contributed by atoms with E-state index in [1.165, 1.54) is 20.0 Å². The van der Waals surface area contributed by atoms with Crippen LogP contribution < -0.4 is 10.2 Å². The maximum atomic E-state index is 12.4. The van der Waals surface area contributed by atoms with E-state index >= 15 is 0 Å². The third-order valence-electron chi connectivity index (χ3n) is 4.02. The predicted molar refractivity (Wildman–Crippen MR) is 91.4 cm³/mol. The lowest BCUT2D eigenvalue weighted by atomic mass is 10.2. The fourth-order valence-corrected chi connectivity index (χ4v) is 2.71. The number of aromatic nitrogens is 1. The molecule has 0 atom stereocenters. The fourth-order valence-electron chi connectivity index (χ4n) is 2.71. The van der Waals surface area contributed by atoms with Crippen LogP contribution in [0.4, 0.5) is 11.4 Å². The summed E-state index contributed by atoms with van der Waals surface area (Å²) in [6, 6.07) is 8.42. The van der Waals surface area contributed by atoms with E-state index in [2.05, 4.69) is 19.9 Å². The summed E-state index contributed by atoms with van der Waals surface area (Å²) >= 11 is 0. The van der Waals surface area contributed by atoms with E-state index < -0.39 is 5.97 Å². The molecule has 124 valence electrons. The molecule has 1 aromatic heterocycles. The highest BCUT2D eigenvalue weighted by Gasteiger charge is 2.15. The Hall–Kier alpha value is -2.89. The number of nitrogens with one attached hydrogen (secondary N) is 1. The van der Waals surface area contributed by atoms with Gasteiger partial charge in [-0.1, -0.05) is 0 Å². The van der Waals surface area contributed by atoms with E-state index in [0.29, 0.717) is 16.8 Å². The zero-order valence-electron chi connectivity index (χ0n) is 13.5. The maximum Gasteiger partial charge on any atom is 0.337 e. The number of ether oxygens (including phenoxy) is 1. The minimum atomic E-state index is -0.407. The van der Waals surface area contributed by atoms with Crippen molar-refractivity contribution in [3.05, 3.63) is 53.9 Å². The second kappa shape index (κ2) is 7.12. The number of hydrogen-bond donors (Lipinski definition) is 1. The molecule has 3 rings (SSSR count). The molecule has 1 N–H and O–H groups in total. The molecule has 1 aromatic carbocycles. The molecule has 6 nitrogen and oxygen atoms in total. The van der Waals surface area contributed by atoms with Crippen molar-refractivity contribution in [1.82, 2.24) is 4.98 Å². The summed E-state index contributed by atoms with van der Waals surface area (Å²) in [7, 11) is 1.33. The van der Waals surface area contributed by atoms with Crippen molar-refractivity contribution in [1.29, 1.82) is 0 Å². The second-order valence-corrected chi connectivity index (χ2v) is 5.65. The standard InChI is InChI=1S/C18H19N3O3/c1-24-18(23)13-4-6-15(7-5-13)20-17(22)14-10-16(12-19-11-14)21-8-2-3-9-21/h4-7,10-12H,2-3,8-9H2,1H3,(H,20,22). The Kier molecular flexibility index (Phi) is 4.74. The van der Waals surface area contributed by atoms with Crippen LogP contribution in [0.2, 0.25) is 0 Å². The molecule has 1 saturated heterocycles. The van der Waals surface area contributed by atoms with Crippen LogP contribution in [-0.2, 0) is 4.74 Å². The van der Waals surface area contributed by atoms with Crippen LogP contribution in [0.15, 0.2) is 42.7 Å². The highest BCUT2D eigenvalue weighted by atomic mass is 16.5. The number of esters is 1. The molecule has 24 heavy (non-hydrogen) atoms. The molecule has 0 spiro atoms. The van der Waals surface area contributed by atoms with E-state index in [1.807, 2.05) is 6.07 Å². The average Bonchev–Trinajstić information content (AvgIpc) is 3.16. The molecule has 1 aliphatic heterocycles. The van der Waals surface area contributed by atoms with Crippen molar-refractivity contribution in [2.45, 2.75) is 12.8 Å². The van der Waals surface area contributed by atoms with Crippen molar-refractivity contribution in [3.63, 3.8) is 0 Å². The zero-order chi connectivity index (χ0) is 16.9. The van der Waals surface area contributed by atoms with Gasteiger partial charge in [0.1, 0.15) is 0 Å². The van der Waals surface area contributed by atoms with Crippen LogP contribution in [0.3, 0.4) is 0 Å². The number of amides is 1. The number of hydrogen-bond acceptors (Lipinski definition) is 5. The zero-order valence-corrected chi connectivity index (χ0v) is 13.5. The van der Waals surface area contributed by atoms with E-state index in [0.717, 1.165) is 18.8 Å². The highest BCUT2D eigenvalue weighted by molar-refractivity contribution is 6.04. The largest absolute Gasteiger partial charge is 0.465 e. The summed E-state index contributed by atoms with van der Waals surface area (Å²) in [5, 5.41) is 2.81. The molecule has 1 amide bonds. The summed E-state index contributed by atoms with van der Waals surface area (Å²) in [5.74, 6) is -0.634. The summed E-state index contributed by atoms with van der Waals surface area (Å²) in [5.41, 5.74) is 2.53. The van der Waals surface area contributed by atoms with Gasteiger partial charge in [-0.05, 0) is 43.2 Å². The number of carbonyl (C=O) groups is 2. The van der Waals surface area contributed by atoms with E-state index in [4.69, 9.17) is 0 Å². The van der Waals surface area contributed by atoms with Gasteiger partial charge in [0.2, 0.25) is 0 Å². The van der Waals surface area contributed by atoms with E-state index in [9.17, 15) is 9.59 Å². The Morgan fingerprint density at radius 2 is 1.79 bits per heavy atom. The molecule has 2 aromatic rings. The first-order valence-electron chi connectivity index (χ1n) is 7.87. The molecule has 2 heterocycles. The van der Waals surface area contributed by atoms with Crippen LogP contribution >= 0.6 is 0 Å². The minimum Gasteiger partial charge on any atom is -0.465 e. The molecule has 0 radical (unpaired) electrons. The summed E-state index contributed by atoms with van der Waals surface area (Å²) < 4.78 is 4.65.